The Morgan fingerprint density at radius 1 is 1.32 bits per heavy atom. The zero-order valence-electron chi connectivity index (χ0n) is 16.0. The molecule has 1 aromatic carbocycles. The molecule has 0 radical (unpaired) electrons. The highest BCUT2D eigenvalue weighted by molar-refractivity contribution is 5.77. The quantitative estimate of drug-likeness (QED) is 0.784. The average molecular weight is 347 g/mol. The number of ether oxygens (including phenoxy) is 1. The molecule has 6 nitrogen and oxygen atoms in total. The first kappa shape index (κ1) is 19.4. The fourth-order valence-corrected chi connectivity index (χ4v) is 2.87. The largest absolute Gasteiger partial charge is 0.468 e. The molecule has 0 saturated heterocycles. The zero-order chi connectivity index (χ0) is 18.8. The molecule has 0 spiro atoms. The summed E-state index contributed by atoms with van der Waals surface area (Å²) in [5.41, 5.74) is 4.02. The number of nitrogens with zero attached hydrogens (tertiary/aromatic N) is 2. The smallest absolute Gasteiger partial charge is 0.323 e. The van der Waals surface area contributed by atoms with E-state index in [-0.39, 0.29) is 11.4 Å². The van der Waals surface area contributed by atoms with Crippen LogP contribution in [0.4, 0.5) is 0 Å². The predicted octanol–water partition coefficient (Wildman–Crippen LogP) is 2.19. The van der Waals surface area contributed by atoms with E-state index in [4.69, 9.17) is 4.74 Å². The molecule has 1 heterocycles. The summed E-state index contributed by atoms with van der Waals surface area (Å²) in [7, 11) is 1.38. The van der Waals surface area contributed by atoms with Crippen molar-refractivity contribution in [3.05, 3.63) is 29.6 Å². The second-order valence-electron chi connectivity index (χ2n) is 7.71. The maximum Gasteiger partial charge on any atom is 0.323 e. The molecule has 25 heavy (non-hydrogen) atoms. The maximum absolute atomic E-state index is 12.0. The maximum atomic E-state index is 12.0. The van der Waals surface area contributed by atoms with Crippen LogP contribution in [0.5, 0.6) is 0 Å². The number of rotatable bonds is 6. The van der Waals surface area contributed by atoms with Crippen molar-refractivity contribution in [3.63, 3.8) is 0 Å². The summed E-state index contributed by atoms with van der Waals surface area (Å²) >= 11 is 0. The number of fused-ring (bicyclic) bond motifs is 1. The van der Waals surface area contributed by atoms with Crippen molar-refractivity contribution < 1.29 is 14.6 Å². The molecule has 2 unspecified atom stereocenters. The molecule has 0 aliphatic rings. The molecule has 138 valence electrons. The van der Waals surface area contributed by atoms with E-state index in [0.717, 1.165) is 11.0 Å². The fourth-order valence-electron chi connectivity index (χ4n) is 2.87. The molecule has 0 bridgehead atoms. The molecule has 2 atom stereocenters. The van der Waals surface area contributed by atoms with E-state index in [1.165, 1.54) is 18.2 Å². The molecule has 0 aliphatic carbocycles. The number of imidazole rings is 1. The van der Waals surface area contributed by atoms with Crippen LogP contribution in [0.2, 0.25) is 0 Å². The van der Waals surface area contributed by atoms with Crippen molar-refractivity contribution >= 4 is 17.0 Å². The van der Waals surface area contributed by atoms with Crippen LogP contribution in [0.3, 0.4) is 0 Å². The van der Waals surface area contributed by atoms with Crippen LogP contribution in [-0.4, -0.2) is 46.4 Å². The summed E-state index contributed by atoms with van der Waals surface area (Å²) in [4.78, 5) is 16.4. The first-order chi connectivity index (χ1) is 11.6. The van der Waals surface area contributed by atoms with E-state index in [1.54, 1.807) is 6.33 Å². The Bertz CT molecular complexity index is 746. The van der Waals surface area contributed by atoms with Crippen molar-refractivity contribution in [1.29, 1.82) is 0 Å². The standard InChI is InChI=1S/C19H29N3O3/c1-12-7-15-16(8-13(12)2)22(11-21-15)10-14(23)9-20-17(18(24)25-6)19(3,4)5/h7-8,11,14,17,20,23H,9-10H2,1-6H3. The first-order valence-electron chi connectivity index (χ1n) is 8.55. The monoisotopic (exact) mass is 347 g/mol. The van der Waals surface area contributed by atoms with Crippen molar-refractivity contribution in [2.24, 2.45) is 5.41 Å². The molecule has 0 amide bonds. The van der Waals surface area contributed by atoms with Crippen LogP contribution in [0.15, 0.2) is 18.5 Å². The molecule has 1 aromatic heterocycles. The number of carbonyl (C=O) groups is 1. The van der Waals surface area contributed by atoms with Crippen LogP contribution >= 0.6 is 0 Å². The van der Waals surface area contributed by atoms with E-state index >= 15 is 0 Å². The van der Waals surface area contributed by atoms with Gasteiger partial charge in [-0.15, -0.1) is 0 Å². The lowest BCUT2D eigenvalue weighted by Gasteiger charge is -2.30. The zero-order valence-corrected chi connectivity index (χ0v) is 16.0. The third kappa shape index (κ3) is 4.58. The Kier molecular flexibility index (Phi) is 5.85. The van der Waals surface area contributed by atoms with Gasteiger partial charge in [0.1, 0.15) is 6.04 Å². The Morgan fingerprint density at radius 2 is 1.96 bits per heavy atom. The number of aromatic nitrogens is 2. The Morgan fingerprint density at radius 3 is 2.56 bits per heavy atom. The Balaban J connectivity index is 2.06. The number of methoxy groups -OCH3 is 1. The van der Waals surface area contributed by atoms with Gasteiger partial charge in [-0.05, 0) is 42.5 Å². The summed E-state index contributed by atoms with van der Waals surface area (Å²) in [5.74, 6) is -0.320. The van der Waals surface area contributed by atoms with Gasteiger partial charge in [0.25, 0.3) is 0 Å². The second kappa shape index (κ2) is 7.54. The highest BCUT2D eigenvalue weighted by Gasteiger charge is 2.32. The van der Waals surface area contributed by atoms with Crippen LogP contribution in [0.25, 0.3) is 11.0 Å². The molecule has 2 aromatic rings. The average Bonchev–Trinajstić information content (AvgIpc) is 2.88. The molecular formula is C19H29N3O3. The minimum Gasteiger partial charge on any atom is -0.468 e. The molecule has 0 fully saturated rings. The molecule has 2 N–H and O–H groups in total. The highest BCUT2D eigenvalue weighted by Crippen LogP contribution is 2.21. The number of aliphatic hydroxyl groups excluding tert-OH is 1. The number of hydrogen-bond donors (Lipinski definition) is 2. The summed E-state index contributed by atoms with van der Waals surface area (Å²) in [5, 5.41) is 13.5. The van der Waals surface area contributed by atoms with Crippen LogP contribution < -0.4 is 5.32 Å². The summed E-state index contributed by atoms with van der Waals surface area (Å²) in [6.07, 6.45) is 1.10. The molecule has 2 rings (SSSR count). The van der Waals surface area contributed by atoms with Gasteiger partial charge in [-0.25, -0.2) is 4.98 Å². The van der Waals surface area contributed by atoms with Crippen LogP contribution in [0, 0.1) is 19.3 Å². The second-order valence-corrected chi connectivity index (χ2v) is 7.71. The van der Waals surface area contributed by atoms with Gasteiger partial charge < -0.3 is 19.7 Å². The van der Waals surface area contributed by atoms with Crippen molar-refractivity contribution in [3.8, 4) is 0 Å². The van der Waals surface area contributed by atoms with Crippen molar-refractivity contribution in [1.82, 2.24) is 14.9 Å². The Hall–Kier alpha value is -1.92. The lowest BCUT2D eigenvalue weighted by Crippen LogP contribution is -2.49. The third-order valence-electron chi connectivity index (χ3n) is 4.50. The van der Waals surface area contributed by atoms with E-state index in [2.05, 4.69) is 36.3 Å². The van der Waals surface area contributed by atoms with Gasteiger partial charge >= 0.3 is 5.97 Å². The normalized spacial score (nSPS) is 14.5. The van der Waals surface area contributed by atoms with Crippen molar-refractivity contribution in [2.45, 2.75) is 53.3 Å². The highest BCUT2D eigenvalue weighted by atomic mass is 16.5. The third-order valence-corrected chi connectivity index (χ3v) is 4.50. The van der Waals surface area contributed by atoms with Crippen molar-refractivity contribution in [2.75, 3.05) is 13.7 Å². The summed E-state index contributed by atoms with van der Waals surface area (Å²) < 4.78 is 6.80. The van der Waals surface area contributed by atoms with E-state index in [0.29, 0.717) is 13.1 Å². The predicted molar refractivity (Wildman–Crippen MR) is 98.5 cm³/mol. The molecular weight excluding hydrogens is 318 g/mol. The Labute approximate surface area is 149 Å². The number of carbonyl (C=O) groups excluding carboxylic acids is 1. The molecule has 0 aliphatic heterocycles. The minimum atomic E-state index is -0.645. The van der Waals surface area contributed by atoms with Gasteiger partial charge in [-0.1, -0.05) is 20.8 Å². The van der Waals surface area contributed by atoms with E-state index < -0.39 is 12.1 Å². The van der Waals surface area contributed by atoms with Gasteiger partial charge in [-0.2, -0.15) is 0 Å². The number of aliphatic hydroxyl groups is 1. The number of benzene rings is 1. The topological polar surface area (TPSA) is 76.4 Å². The van der Waals surface area contributed by atoms with Crippen LogP contribution in [0.1, 0.15) is 31.9 Å². The number of hydrogen-bond acceptors (Lipinski definition) is 5. The van der Waals surface area contributed by atoms with Crippen LogP contribution in [-0.2, 0) is 16.1 Å². The lowest BCUT2D eigenvalue weighted by atomic mass is 9.86. The summed E-state index contributed by atoms with van der Waals surface area (Å²) in [6, 6.07) is 3.67. The van der Waals surface area contributed by atoms with E-state index in [1.807, 2.05) is 25.3 Å². The van der Waals surface area contributed by atoms with Gasteiger partial charge in [-0.3, -0.25) is 4.79 Å². The van der Waals surface area contributed by atoms with Gasteiger partial charge in [0.2, 0.25) is 0 Å². The summed E-state index contributed by atoms with van der Waals surface area (Å²) in [6.45, 7) is 10.7. The first-order valence-corrected chi connectivity index (χ1v) is 8.55. The minimum absolute atomic E-state index is 0.293. The number of nitrogens with one attached hydrogen (secondary N) is 1. The molecule has 6 heteroatoms. The number of aryl methyl sites for hydroxylation is 2. The lowest BCUT2D eigenvalue weighted by molar-refractivity contribution is -0.146. The number of esters is 1. The van der Waals surface area contributed by atoms with Gasteiger partial charge in [0, 0.05) is 6.54 Å². The van der Waals surface area contributed by atoms with Gasteiger partial charge in [0.15, 0.2) is 0 Å². The van der Waals surface area contributed by atoms with Gasteiger partial charge in [0.05, 0.1) is 37.1 Å². The SMILES string of the molecule is COC(=O)C(NCC(O)Cn1cnc2cc(C)c(C)cc21)C(C)(C)C. The van der Waals surface area contributed by atoms with E-state index in [9.17, 15) is 9.90 Å². The fraction of sp³-hybridized carbons (Fsp3) is 0.579. The molecule has 0 saturated carbocycles.